The maximum atomic E-state index is 12.1. The summed E-state index contributed by atoms with van der Waals surface area (Å²) in [6.45, 7) is 1.28. The fourth-order valence-electron chi connectivity index (χ4n) is 2.17. The number of nitrogens with zero attached hydrogens (tertiary/aromatic N) is 1. The van der Waals surface area contributed by atoms with Crippen LogP contribution in [0.2, 0.25) is 0 Å². The Kier molecular flexibility index (Phi) is 5.65. The van der Waals surface area contributed by atoms with Crippen molar-refractivity contribution in [1.29, 1.82) is 0 Å². The van der Waals surface area contributed by atoms with Gasteiger partial charge in [-0.25, -0.2) is 4.98 Å². The Morgan fingerprint density at radius 2 is 2.04 bits per heavy atom. The minimum Gasteiger partial charge on any atom is -0.493 e. The Labute approximate surface area is 158 Å². The summed E-state index contributed by atoms with van der Waals surface area (Å²) in [6.07, 6.45) is 0. The van der Waals surface area contributed by atoms with Crippen molar-refractivity contribution < 1.29 is 19.1 Å². The molecule has 134 valence electrons. The molecule has 0 aliphatic heterocycles. The predicted molar refractivity (Wildman–Crippen MR) is 103 cm³/mol. The number of benzene rings is 1. The van der Waals surface area contributed by atoms with Crippen LogP contribution in [0.25, 0.3) is 10.6 Å². The van der Waals surface area contributed by atoms with Crippen molar-refractivity contribution in [2.75, 3.05) is 19.0 Å². The number of aromatic nitrogens is 1. The SMILES string of the molecule is COc1cc(C(C)=O)ccc1OCC(=O)Nc1nc(-c2cccs2)cs1. The van der Waals surface area contributed by atoms with E-state index in [1.807, 2.05) is 22.9 Å². The van der Waals surface area contributed by atoms with Gasteiger partial charge in [0.25, 0.3) is 5.91 Å². The van der Waals surface area contributed by atoms with E-state index in [1.165, 1.54) is 25.4 Å². The smallest absolute Gasteiger partial charge is 0.264 e. The van der Waals surface area contributed by atoms with E-state index in [0.29, 0.717) is 22.2 Å². The molecule has 8 heteroatoms. The number of thiophene rings is 1. The molecule has 3 rings (SSSR count). The van der Waals surface area contributed by atoms with Crippen molar-refractivity contribution in [1.82, 2.24) is 4.98 Å². The van der Waals surface area contributed by atoms with Gasteiger partial charge in [-0.15, -0.1) is 22.7 Å². The van der Waals surface area contributed by atoms with Gasteiger partial charge in [0.1, 0.15) is 0 Å². The number of thiazole rings is 1. The van der Waals surface area contributed by atoms with Gasteiger partial charge < -0.3 is 9.47 Å². The number of rotatable bonds is 7. The zero-order valence-corrected chi connectivity index (χ0v) is 15.8. The lowest BCUT2D eigenvalue weighted by Gasteiger charge is -2.11. The van der Waals surface area contributed by atoms with Gasteiger partial charge in [0.05, 0.1) is 17.7 Å². The average Bonchev–Trinajstić information content (AvgIpc) is 3.31. The highest BCUT2D eigenvalue weighted by atomic mass is 32.1. The summed E-state index contributed by atoms with van der Waals surface area (Å²) in [5.41, 5.74) is 1.35. The molecule has 0 atom stereocenters. The molecule has 0 aliphatic rings. The van der Waals surface area contributed by atoms with E-state index in [1.54, 1.807) is 29.5 Å². The minimum atomic E-state index is -0.324. The molecule has 3 aromatic rings. The second kappa shape index (κ2) is 8.11. The van der Waals surface area contributed by atoms with E-state index >= 15 is 0 Å². The van der Waals surface area contributed by atoms with Crippen LogP contribution in [0.3, 0.4) is 0 Å². The van der Waals surface area contributed by atoms with Crippen LogP contribution >= 0.6 is 22.7 Å². The first-order valence-corrected chi connectivity index (χ1v) is 9.44. The maximum Gasteiger partial charge on any atom is 0.264 e. The molecule has 0 aliphatic carbocycles. The Morgan fingerprint density at radius 1 is 1.19 bits per heavy atom. The Bertz CT molecular complexity index is 919. The molecule has 0 saturated carbocycles. The van der Waals surface area contributed by atoms with Crippen molar-refractivity contribution in [2.45, 2.75) is 6.92 Å². The third-order valence-corrected chi connectivity index (χ3v) is 5.10. The Hall–Kier alpha value is -2.71. The quantitative estimate of drug-likeness (QED) is 0.617. The molecule has 2 aromatic heterocycles. The Balaban J connectivity index is 1.60. The van der Waals surface area contributed by atoms with Crippen LogP contribution in [-0.4, -0.2) is 30.4 Å². The van der Waals surface area contributed by atoms with Crippen LogP contribution in [0.5, 0.6) is 11.5 Å². The van der Waals surface area contributed by atoms with Crippen molar-refractivity contribution >= 4 is 39.5 Å². The number of carbonyl (C=O) groups is 2. The molecule has 0 spiro atoms. The molecule has 1 N–H and O–H groups in total. The number of nitrogens with one attached hydrogen (secondary N) is 1. The number of hydrogen-bond donors (Lipinski definition) is 1. The summed E-state index contributed by atoms with van der Waals surface area (Å²) < 4.78 is 10.7. The third kappa shape index (κ3) is 4.27. The highest BCUT2D eigenvalue weighted by Crippen LogP contribution is 2.29. The monoisotopic (exact) mass is 388 g/mol. The maximum absolute atomic E-state index is 12.1. The third-order valence-electron chi connectivity index (χ3n) is 3.45. The topological polar surface area (TPSA) is 77.5 Å². The zero-order valence-electron chi connectivity index (χ0n) is 14.1. The molecule has 6 nitrogen and oxygen atoms in total. The van der Waals surface area contributed by atoms with E-state index in [9.17, 15) is 9.59 Å². The summed E-state index contributed by atoms with van der Waals surface area (Å²) in [5.74, 6) is 0.401. The van der Waals surface area contributed by atoms with Crippen molar-refractivity contribution in [3.05, 3.63) is 46.7 Å². The predicted octanol–water partition coefficient (Wildman–Crippen LogP) is 4.10. The van der Waals surface area contributed by atoms with E-state index in [0.717, 1.165) is 10.6 Å². The van der Waals surface area contributed by atoms with E-state index in [2.05, 4.69) is 10.3 Å². The zero-order chi connectivity index (χ0) is 18.5. The minimum absolute atomic E-state index is 0.0714. The van der Waals surface area contributed by atoms with Crippen LogP contribution in [-0.2, 0) is 4.79 Å². The van der Waals surface area contributed by atoms with Crippen LogP contribution in [0.4, 0.5) is 5.13 Å². The molecule has 0 bridgehead atoms. The standard InChI is InChI=1S/C18H16N2O4S2/c1-11(21)12-5-6-14(15(8-12)23-2)24-9-17(22)20-18-19-13(10-26-18)16-4-3-7-25-16/h3-8,10H,9H2,1-2H3,(H,19,20,22). The van der Waals surface area contributed by atoms with Crippen LogP contribution in [0.1, 0.15) is 17.3 Å². The number of methoxy groups -OCH3 is 1. The van der Waals surface area contributed by atoms with Crippen LogP contribution < -0.4 is 14.8 Å². The first-order valence-electron chi connectivity index (χ1n) is 7.68. The second-order valence-electron chi connectivity index (χ2n) is 5.27. The first kappa shape index (κ1) is 18.1. The summed E-state index contributed by atoms with van der Waals surface area (Å²) in [6, 6.07) is 8.76. The molecule has 2 heterocycles. The number of hydrogen-bond acceptors (Lipinski definition) is 7. The van der Waals surface area contributed by atoms with Gasteiger partial charge in [0.15, 0.2) is 29.0 Å². The molecule has 0 unspecified atom stereocenters. The molecule has 0 fully saturated rings. The summed E-state index contributed by atoms with van der Waals surface area (Å²) in [7, 11) is 1.48. The number of anilines is 1. The van der Waals surface area contributed by atoms with Gasteiger partial charge in [-0.2, -0.15) is 0 Å². The molecule has 1 aromatic carbocycles. The first-order chi connectivity index (χ1) is 12.6. The second-order valence-corrected chi connectivity index (χ2v) is 7.08. The number of Topliss-reactive ketones (excluding diaryl/α,β-unsaturated/α-hetero) is 1. The number of ketones is 1. The molecule has 0 radical (unpaired) electrons. The van der Waals surface area contributed by atoms with Gasteiger partial charge in [-0.1, -0.05) is 6.07 Å². The largest absolute Gasteiger partial charge is 0.493 e. The highest BCUT2D eigenvalue weighted by Gasteiger charge is 2.12. The summed E-state index contributed by atoms with van der Waals surface area (Å²) >= 11 is 2.95. The molecule has 26 heavy (non-hydrogen) atoms. The van der Waals surface area contributed by atoms with Gasteiger partial charge >= 0.3 is 0 Å². The van der Waals surface area contributed by atoms with Gasteiger partial charge in [0.2, 0.25) is 0 Å². The number of amides is 1. The lowest BCUT2D eigenvalue weighted by molar-refractivity contribution is -0.118. The fourth-order valence-corrected chi connectivity index (χ4v) is 3.66. The number of ether oxygens (including phenoxy) is 2. The average molecular weight is 388 g/mol. The molecule has 1 amide bonds. The Morgan fingerprint density at radius 3 is 2.73 bits per heavy atom. The summed E-state index contributed by atoms with van der Waals surface area (Å²) in [5, 5.41) is 7.10. The molecule has 0 saturated heterocycles. The normalized spacial score (nSPS) is 10.4. The van der Waals surface area contributed by atoms with E-state index in [-0.39, 0.29) is 18.3 Å². The summed E-state index contributed by atoms with van der Waals surface area (Å²) in [4.78, 5) is 29.0. The van der Waals surface area contributed by atoms with Crippen LogP contribution in [0.15, 0.2) is 41.1 Å². The van der Waals surface area contributed by atoms with E-state index < -0.39 is 0 Å². The lowest BCUT2D eigenvalue weighted by Crippen LogP contribution is -2.20. The molecular weight excluding hydrogens is 372 g/mol. The van der Waals surface area contributed by atoms with E-state index in [4.69, 9.17) is 9.47 Å². The van der Waals surface area contributed by atoms with Crippen molar-refractivity contribution in [2.24, 2.45) is 0 Å². The van der Waals surface area contributed by atoms with Crippen molar-refractivity contribution in [3.63, 3.8) is 0 Å². The van der Waals surface area contributed by atoms with Crippen molar-refractivity contribution in [3.8, 4) is 22.1 Å². The fraction of sp³-hybridized carbons (Fsp3) is 0.167. The number of carbonyl (C=O) groups excluding carboxylic acids is 2. The van der Waals surface area contributed by atoms with Crippen LogP contribution in [0, 0.1) is 0 Å². The highest BCUT2D eigenvalue weighted by molar-refractivity contribution is 7.16. The molecular formula is C18H16N2O4S2. The van der Waals surface area contributed by atoms with Gasteiger partial charge in [-0.05, 0) is 36.6 Å². The van der Waals surface area contributed by atoms with Gasteiger partial charge in [0, 0.05) is 10.9 Å². The van der Waals surface area contributed by atoms with Gasteiger partial charge in [-0.3, -0.25) is 14.9 Å². The lowest BCUT2D eigenvalue weighted by atomic mass is 10.1.